The maximum absolute atomic E-state index is 11.8. The summed E-state index contributed by atoms with van der Waals surface area (Å²) in [5, 5.41) is 0. The molecule has 3 heteroatoms. The van der Waals surface area contributed by atoms with Gasteiger partial charge in [-0.05, 0) is 114 Å². The molecule has 5 saturated carbocycles. The van der Waals surface area contributed by atoms with Crippen molar-refractivity contribution in [3.63, 3.8) is 0 Å². The highest BCUT2D eigenvalue weighted by Crippen LogP contribution is 2.89. The first-order chi connectivity index (χ1) is 14.5. The Morgan fingerprint density at radius 2 is 1.61 bits per heavy atom. The largest absolute Gasteiger partial charge is 0.462 e. The van der Waals surface area contributed by atoms with Gasteiger partial charge in [0.25, 0.3) is 0 Å². The van der Waals surface area contributed by atoms with Crippen LogP contribution in [0.3, 0.4) is 0 Å². The Kier molecular flexibility index (Phi) is 5.26. The molecule has 5 fully saturated rings. The van der Waals surface area contributed by atoms with Crippen molar-refractivity contribution < 1.29 is 9.53 Å². The zero-order chi connectivity index (χ0) is 22.4. The van der Waals surface area contributed by atoms with Gasteiger partial charge in [-0.3, -0.25) is 4.79 Å². The zero-order valence-corrected chi connectivity index (χ0v) is 23.0. The van der Waals surface area contributed by atoms with Crippen LogP contribution < -0.4 is 0 Å². The van der Waals surface area contributed by atoms with E-state index in [1.807, 2.05) is 0 Å². The molecule has 5 rings (SSSR count). The number of hydrogen-bond acceptors (Lipinski definition) is 2. The minimum atomic E-state index is -0.0909. The topological polar surface area (TPSA) is 26.3 Å². The van der Waals surface area contributed by atoms with Crippen LogP contribution in [0.15, 0.2) is 0 Å². The normalized spacial score (nSPS) is 52.9. The number of esters is 1. The van der Waals surface area contributed by atoms with Crippen molar-refractivity contribution in [3.05, 3.63) is 0 Å². The first-order valence-electron chi connectivity index (χ1n) is 13.2. The van der Waals surface area contributed by atoms with Crippen LogP contribution in [0.1, 0.15) is 106 Å². The van der Waals surface area contributed by atoms with E-state index in [1.165, 1.54) is 62.2 Å². The molecule has 0 saturated heterocycles. The molecule has 2 nitrogen and oxygen atoms in total. The third kappa shape index (κ3) is 2.76. The maximum atomic E-state index is 11.8. The van der Waals surface area contributed by atoms with Gasteiger partial charge in [-0.1, -0.05) is 57.2 Å². The molecule has 0 bridgehead atoms. The lowest BCUT2D eigenvalue weighted by Gasteiger charge is -2.63. The number of hydrogen-bond donors (Lipinski definition) is 0. The third-order valence-electron chi connectivity index (χ3n) is 12.7. The number of rotatable bonds is 4. The van der Waals surface area contributed by atoms with Crippen molar-refractivity contribution in [2.24, 2.45) is 50.7 Å². The van der Waals surface area contributed by atoms with Crippen LogP contribution in [0.2, 0.25) is 0 Å². The van der Waals surface area contributed by atoms with Crippen molar-refractivity contribution >= 4 is 28.6 Å². The SMILES string of the molecule is CC(=O)O[C@H]1CC[C@]23C[C@]24CC[C@]2(C)C([C@H](C)CCI)CC[C@@]2(C)C4CCC3C1(C)C. The van der Waals surface area contributed by atoms with Crippen molar-refractivity contribution in [1.82, 2.24) is 0 Å². The van der Waals surface area contributed by atoms with Crippen LogP contribution in [0.25, 0.3) is 0 Å². The molecule has 5 aliphatic carbocycles. The summed E-state index contributed by atoms with van der Waals surface area (Å²) in [4.78, 5) is 11.8. The minimum Gasteiger partial charge on any atom is -0.462 e. The van der Waals surface area contributed by atoms with E-state index in [2.05, 4.69) is 57.2 Å². The molecule has 0 aliphatic heterocycles. The molecule has 5 aliphatic rings. The zero-order valence-electron chi connectivity index (χ0n) is 20.9. The molecule has 3 unspecified atom stereocenters. The fourth-order valence-corrected chi connectivity index (χ4v) is 12.1. The lowest BCUT2D eigenvalue weighted by molar-refractivity contribution is -0.181. The van der Waals surface area contributed by atoms with Crippen LogP contribution in [-0.4, -0.2) is 16.5 Å². The third-order valence-corrected chi connectivity index (χ3v) is 13.3. The molecule has 0 aromatic heterocycles. The van der Waals surface area contributed by atoms with Crippen molar-refractivity contribution in [3.8, 4) is 0 Å². The molecule has 31 heavy (non-hydrogen) atoms. The highest BCUT2D eigenvalue weighted by molar-refractivity contribution is 14.1. The highest BCUT2D eigenvalue weighted by atomic mass is 127. The Bertz CT molecular complexity index is 762. The Balaban J connectivity index is 1.45. The molecular weight excluding hydrogens is 495 g/mol. The Morgan fingerprint density at radius 3 is 2.29 bits per heavy atom. The van der Waals surface area contributed by atoms with Crippen LogP contribution in [-0.2, 0) is 9.53 Å². The van der Waals surface area contributed by atoms with Gasteiger partial charge in [0.1, 0.15) is 6.10 Å². The predicted octanol–water partition coefficient (Wildman–Crippen LogP) is 7.82. The molecule has 0 radical (unpaired) electrons. The fourth-order valence-electron chi connectivity index (χ4n) is 11.1. The Labute approximate surface area is 204 Å². The second-order valence-electron chi connectivity index (χ2n) is 13.6. The van der Waals surface area contributed by atoms with Crippen molar-refractivity contribution in [2.45, 2.75) is 112 Å². The summed E-state index contributed by atoms with van der Waals surface area (Å²) in [7, 11) is 0. The summed E-state index contributed by atoms with van der Waals surface area (Å²) in [5.41, 5.74) is 2.33. The standard InChI is InChI=1S/C28H45IO2/c1-18(11-16-29)20-9-12-26(6)22-8-7-21-24(3,4)23(31-19(2)30)10-13-27(21)17-28(22,27)15-14-25(20,26)5/h18,20-23H,7-17H2,1-6H3/t18-,20?,21?,22?,23+,25-,26+,27-,28+/m1/s1. The first kappa shape index (κ1) is 23.0. The molecule has 0 aromatic rings. The van der Waals surface area contributed by atoms with Gasteiger partial charge >= 0.3 is 5.97 Å². The molecule has 0 N–H and O–H groups in total. The first-order valence-corrected chi connectivity index (χ1v) is 14.7. The van der Waals surface area contributed by atoms with E-state index in [-0.39, 0.29) is 17.5 Å². The van der Waals surface area contributed by atoms with E-state index in [1.54, 1.807) is 6.92 Å². The minimum absolute atomic E-state index is 0.0909. The average Bonchev–Trinajstić information content (AvgIpc) is 3.27. The lowest BCUT2D eigenvalue weighted by Crippen LogP contribution is -2.58. The number of alkyl halides is 1. The Hall–Kier alpha value is 0.200. The molecule has 0 heterocycles. The van der Waals surface area contributed by atoms with E-state index in [9.17, 15) is 4.79 Å². The summed E-state index contributed by atoms with van der Waals surface area (Å²) in [6, 6.07) is 0. The van der Waals surface area contributed by atoms with Crippen LogP contribution in [0.4, 0.5) is 0 Å². The van der Waals surface area contributed by atoms with Crippen molar-refractivity contribution in [1.29, 1.82) is 0 Å². The van der Waals surface area contributed by atoms with Gasteiger partial charge < -0.3 is 4.74 Å². The van der Waals surface area contributed by atoms with Gasteiger partial charge in [-0.2, -0.15) is 0 Å². The molecule has 176 valence electrons. The molecule has 9 atom stereocenters. The van der Waals surface area contributed by atoms with E-state index in [0.29, 0.717) is 21.7 Å². The average molecular weight is 541 g/mol. The van der Waals surface area contributed by atoms with Crippen LogP contribution >= 0.6 is 22.6 Å². The lowest BCUT2D eigenvalue weighted by atomic mass is 9.41. The maximum Gasteiger partial charge on any atom is 0.302 e. The summed E-state index contributed by atoms with van der Waals surface area (Å²) < 4.78 is 7.19. The highest BCUT2D eigenvalue weighted by Gasteiger charge is 2.82. The van der Waals surface area contributed by atoms with Gasteiger partial charge in [0.05, 0.1) is 0 Å². The number of carbonyl (C=O) groups is 1. The van der Waals surface area contributed by atoms with Gasteiger partial charge in [-0.25, -0.2) is 0 Å². The fraction of sp³-hybridized carbons (Fsp3) is 0.964. The molecule has 0 aromatic carbocycles. The number of carbonyl (C=O) groups excluding carboxylic acids is 1. The Morgan fingerprint density at radius 1 is 0.935 bits per heavy atom. The number of halogens is 1. The summed E-state index contributed by atoms with van der Waals surface area (Å²) >= 11 is 2.58. The van der Waals surface area contributed by atoms with E-state index >= 15 is 0 Å². The summed E-state index contributed by atoms with van der Waals surface area (Å²) in [6.07, 6.45) is 14.0. The smallest absolute Gasteiger partial charge is 0.302 e. The van der Waals surface area contributed by atoms with Crippen LogP contribution in [0.5, 0.6) is 0 Å². The summed E-state index contributed by atoms with van der Waals surface area (Å²) in [6.45, 7) is 14.4. The van der Waals surface area contributed by atoms with Crippen LogP contribution in [0, 0.1) is 50.7 Å². The van der Waals surface area contributed by atoms with E-state index in [0.717, 1.165) is 30.1 Å². The predicted molar refractivity (Wildman–Crippen MR) is 135 cm³/mol. The van der Waals surface area contributed by atoms with E-state index in [4.69, 9.17) is 4.74 Å². The van der Waals surface area contributed by atoms with Gasteiger partial charge in [0.2, 0.25) is 0 Å². The van der Waals surface area contributed by atoms with E-state index < -0.39 is 0 Å². The van der Waals surface area contributed by atoms with Gasteiger partial charge in [-0.15, -0.1) is 0 Å². The second kappa shape index (κ2) is 7.11. The van der Waals surface area contributed by atoms with Gasteiger partial charge in [0.15, 0.2) is 0 Å². The quantitative estimate of drug-likeness (QED) is 0.207. The van der Waals surface area contributed by atoms with Crippen molar-refractivity contribution in [2.75, 3.05) is 4.43 Å². The number of fused-ring (bicyclic) bond motifs is 2. The number of ether oxygens (including phenoxy) is 1. The molecular formula is C28H45IO2. The monoisotopic (exact) mass is 540 g/mol. The molecule has 2 spiro atoms. The molecule has 0 amide bonds. The summed E-state index contributed by atoms with van der Waals surface area (Å²) in [5.74, 6) is 3.37. The van der Waals surface area contributed by atoms with Gasteiger partial charge in [0, 0.05) is 12.3 Å². The second-order valence-corrected chi connectivity index (χ2v) is 14.6.